The fraction of sp³-hybridized carbons (Fsp3) is 0. The molecule has 2 aromatic heterocycles. The van der Waals surface area contributed by atoms with Crippen LogP contribution in [0, 0.1) is 0 Å². The maximum atomic E-state index is 12.3. The number of hydrogen-bond donors (Lipinski definition) is 0. The molecule has 0 saturated carbocycles. The van der Waals surface area contributed by atoms with Gasteiger partial charge in [-0.05, 0) is 24.3 Å². The molecule has 0 spiro atoms. The third-order valence-corrected chi connectivity index (χ3v) is 3.45. The van der Waals surface area contributed by atoms with Crippen LogP contribution in [-0.4, -0.2) is 37.7 Å². The smallest absolute Gasteiger partial charge is 0.324 e. The first-order chi connectivity index (χ1) is 11.2. The van der Waals surface area contributed by atoms with Gasteiger partial charge in [0, 0.05) is 6.20 Å². The number of nitrogens with zero attached hydrogens (tertiary/aromatic N) is 4. The van der Waals surface area contributed by atoms with Crippen LogP contribution in [0.3, 0.4) is 0 Å². The summed E-state index contributed by atoms with van der Waals surface area (Å²) in [6.07, 6.45) is 2.78. The number of fused-ring (bicyclic) bond motifs is 2. The van der Waals surface area contributed by atoms with Crippen LogP contribution < -0.4 is 0 Å². The average molecular weight is 308 g/mol. The van der Waals surface area contributed by atoms with Gasteiger partial charge in [0.1, 0.15) is 11.1 Å². The summed E-state index contributed by atoms with van der Waals surface area (Å²) < 4.78 is 1.25. The molecule has 1 aliphatic heterocycles. The fourth-order valence-electron chi connectivity index (χ4n) is 2.37. The Morgan fingerprint density at radius 3 is 2.35 bits per heavy atom. The summed E-state index contributed by atoms with van der Waals surface area (Å²) in [4.78, 5) is 41.6. The molecular weight excluding hydrogens is 300 g/mol. The standard InChI is InChI=1S/C15H8N4O4/c20-13-9-4-1-2-5-10(9)14(21)18(13)23-15(22)11-8-17-19-12(11)6-3-7-16-19/h1-8H. The SMILES string of the molecule is O=C(ON1C(=O)c2ccccc2C1=O)c1cnn2ncccc12. The highest BCUT2D eigenvalue weighted by Gasteiger charge is 2.39. The highest BCUT2D eigenvalue weighted by molar-refractivity contribution is 6.21. The molecule has 0 saturated heterocycles. The molecule has 0 bridgehead atoms. The van der Waals surface area contributed by atoms with Crippen molar-refractivity contribution >= 4 is 23.3 Å². The monoisotopic (exact) mass is 308 g/mol. The highest BCUT2D eigenvalue weighted by Crippen LogP contribution is 2.23. The van der Waals surface area contributed by atoms with Gasteiger partial charge in [0.15, 0.2) is 0 Å². The fourth-order valence-corrected chi connectivity index (χ4v) is 2.37. The van der Waals surface area contributed by atoms with Crippen LogP contribution in [0.5, 0.6) is 0 Å². The van der Waals surface area contributed by atoms with Crippen molar-refractivity contribution in [3.8, 4) is 0 Å². The Balaban J connectivity index is 1.65. The Kier molecular flexibility index (Phi) is 2.70. The van der Waals surface area contributed by atoms with Crippen molar-refractivity contribution in [1.82, 2.24) is 19.9 Å². The largest absolute Gasteiger partial charge is 0.367 e. The van der Waals surface area contributed by atoms with E-state index >= 15 is 0 Å². The number of rotatable bonds is 2. The van der Waals surface area contributed by atoms with Gasteiger partial charge in [-0.2, -0.15) is 14.8 Å². The second-order valence-corrected chi connectivity index (χ2v) is 4.79. The van der Waals surface area contributed by atoms with Gasteiger partial charge in [0.2, 0.25) is 0 Å². The maximum Gasteiger partial charge on any atom is 0.367 e. The van der Waals surface area contributed by atoms with Crippen molar-refractivity contribution < 1.29 is 19.2 Å². The minimum absolute atomic E-state index is 0.106. The zero-order valence-electron chi connectivity index (χ0n) is 11.5. The minimum Gasteiger partial charge on any atom is -0.324 e. The van der Waals surface area contributed by atoms with E-state index in [1.165, 1.54) is 29.2 Å². The normalized spacial score (nSPS) is 13.5. The topological polar surface area (TPSA) is 93.9 Å². The lowest BCUT2D eigenvalue weighted by Gasteiger charge is -2.11. The number of carbonyl (C=O) groups excluding carboxylic acids is 3. The molecule has 23 heavy (non-hydrogen) atoms. The number of carbonyl (C=O) groups is 3. The van der Waals surface area contributed by atoms with Crippen molar-refractivity contribution in [2.75, 3.05) is 0 Å². The Morgan fingerprint density at radius 1 is 0.957 bits per heavy atom. The molecule has 4 rings (SSSR count). The molecule has 0 fully saturated rings. The predicted octanol–water partition coefficient (Wildman–Crippen LogP) is 1.10. The van der Waals surface area contributed by atoms with Crippen LogP contribution in [0.15, 0.2) is 48.8 Å². The molecule has 0 N–H and O–H groups in total. The van der Waals surface area contributed by atoms with E-state index in [4.69, 9.17) is 4.84 Å². The number of amides is 2. The molecule has 8 nitrogen and oxygen atoms in total. The molecular formula is C15H8N4O4. The Labute approximate surface area is 128 Å². The molecule has 0 atom stereocenters. The summed E-state index contributed by atoms with van der Waals surface area (Å²) in [7, 11) is 0. The quantitative estimate of drug-likeness (QED) is 0.658. The van der Waals surface area contributed by atoms with Crippen LogP contribution in [0.2, 0.25) is 0 Å². The van der Waals surface area contributed by atoms with Gasteiger partial charge in [0.05, 0.1) is 17.3 Å². The van der Waals surface area contributed by atoms with E-state index < -0.39 is 17.8 Å². The van der Waals surface area contributed by atoms with Crippen molar-refractivity contribution in [2.24, 2.45) is 0 Å². The molecule has 3 heterocycles. The number of hydrogen-bond acceptors (Lipinski definition) is 6. The molecule has 0 aliphatic carbocycles. The summed E-state index contributed by atoms with van der Waals surface area (Å²) >= 11 is 0. The minimum atomic E-state index is -0.859. The van der Waals surface area contributed by atoms with Crippen molar-refractivity contribution in [1.29, 1.82) is 0 Å². The van der Waals surface area contributed by atoms with Gasteiger partial charge >= 0.3 is 5.97 Å². The zero-order chi connectivity index (χ0) is 16.0. The summed E-state index contributed by atoms with van der Waals surface area (Å²) in [5.74, 6) is -2.20. The summed E-state index contributed by atoms with van der Waals surface area (Å²) in [5.41, 5.74) is 0.919. The molecule has 3 aromatic rings. The van der Waals surface area contributed by atoms with E-state index in [9.17, 15) is 14.4 Å². The van der Waals surface area contributed by atoms with E-state index in [1.807, 2.05) is 0 Å². The van der Waals surface area contributed by atoms with Gasteiger partial charge < -0.3 is 4.84 Å². The lowest BCUT2D eigenvalue weighted by Crippen LogP contribution is -2.32. The first-order valence-electron chi connectivity index (χ1n) is 6.66. The lowest BCUT2D eigenvalue weighted by atomic mass is 10.1. The molecule has 0 unspecified atom stereocenters. The van der Waals surface area contributed by atoms with Crippen LogP contribution in [0.4, 0.5) is 0 Å². The third-order valence-electron chi connectivity index (χ3n) is 3.45. The first kappa shape index (κ1) is 13.1. The summed E-state index contributed by atoms with van der Waals surface area (Å²) in [6, 6.07) is 9.53. The van der Waals surface area contributed by atoms with Crippen LogP contribution in [0.1, 0.15) is 31.1 Å². The average Bonchev–Trinajstić information content (AvgIpc) is 3.11. The Bertz CT molecular complexity index is 943. The van der Waals surface area contributed by atoms with Gasteiger partial charge in [-0.1, -0.05) is 17.2 Å². The number of imide groups is 1. The van der Waals surface area contributed by atoms with E-state index in [2.05, 4.69) is 10.2 Å². The van der Waals surface area contributed by atoms with Crippen molar-refractivity contribution in [3.63, 3.8) is 0 Å². The molecule has 1 aliphatic rings. The van der Waals surface area contributed by atoms with E-state index in [1.54, 1.807) is 24.3 Å². The molecule has 2 amide bonds. The molecule has 112 valence electrons. The molecule has 0 radical (unpaired) electrons. The summed E-state index contributed by atoms with van der Waals surface area (Å²) in [6.45, 7) is 0. The lowest BCUT2D eigenvalue weighted by molar-refractivity contribution is -0.0583. The van der Waals surface area contributed by atoms with Crippen LogP contribution in [0.25, 0.3) is 5.52 Å². The van der Waals surface area contributed by atoms with Gasteiger partial charge in [-0.3, -0.25) is 9.59 Å². The van der Waals surface area contributed by atoms with Crippen molar-refractivity contribution in [2.45, 2.75) is 0 Å². The molecule has 8 heteroatoms. The van der Waals surface area contributed by atoms with Gasteiger partial charge in [-0.15, -0.1) is 0 Å². The second-order valence-electron chi connectivity index (χ2n) is 4.79. The van der Waals surface area contributed by atoms with E-state index in [0.29, 0.717) is 10.6 Å². The second kappa shape index (κ2) is 4.73. The third kappa shape index (κ3) is 1.89. The summed E-state index contributed by atoms with van der Waals surface area (Å²) in [5, 5.41) is 8.30. The predicted molar refractivity (Wildman–Crippen MR) is 75.3 cm³/mol. The van der Waals surface area contributed by atoms with Crippen LogP contribution >= 0.6 is 0 Å². The number of aromatic nitrogens is 3. The Morgan fingerprint density at radius 2 is 1.65 bits per heavy atom. The van der Waals surface area contributed by atoms with Gasteiger partial charge in [-0.25, -0.2) is 4.79 Å². The number of benzene rings is 1. The zero-order valence-corrected chi connectivity index (χ0v) is 11.5. The molecule has 1 aromatic carbocycles. The van der Waals surface area contributed by atoms with Gasteiger partial charge in [0.25, 0.3) is 11.8 Å². The Hall–Kier alpha value is -3.55. The van der Waals surface area contributed by atoms with E-state index in [0.717, 1.165) is 0 Å². The maximum absolute atomic E-state index is 12.3. The van der Waals surface area contributed by atoms with Crippen LogP contribution in [-0.2, 0) is 4.84 Å². The first-order valence-corrected chi connectivity index (χ1v) is 6.66. The van der Waals surface area contributed by atoms with Crippen molar-refractivity contribution in [3.05, 3.63) is 65.5 Å². The highest BCUT2D eigenvalue weighted by atomic mass is 16.7. The van der Waals surface area contributed by atoms with E-state index in [-0.39, 0.29) is 16.7 Å². The number of hydroxylamine groups is 2.